The molecule has 30 heavy (non-hydrogen) atoms. The van der Waals surface area contributed by atoms with Gasteiger partial charge in [0.2, 0.25) is 0 Å². The molecule has 1 aromatic heterocycles. The van der Waals surface area contributed by atoms with E-state index in [1.165, 1.54) is 11.2 Å². The van der Waals surface area contributed by atoms with Gasteiger partial charge in [-0.25, -0.2) is 4.79 Å². The summed E-state index contributed by atoms with van der Waals surface area (Å²) in [6.45, 7) is -0.445. The molecule has 1 heterocycles. The van der Waals surface area contributed by atoms with E-state index in [9.17, 15) is 14.4 Å². The molecular weight excluding hydrogens is 386 g/mol. The number of carbonyl (C=O) groups is 3. The van der Waals surface area contributed by atoms with Crippen LogP contribution in [0.25, 0.3) is 0 Å². The Morgan fingerprint density at radius 1 is 0.867 bits per heavy atom. The highest BCUT2D eigenvalue weighted by molar-refractivity contribution is 6.08. The number of furan rings is 1. The first-order valence-corrected chi connectivity index (χ1v) is 9.27. The molecule has 1 amide bonds. The molecule has 0 aliphatic rings. The maximum absolute atomic E-state index is 12.4. The molecule has 3 rings (SSSR count). The van der Waals surface area contributed by atoms with Crippen LogP contribution in [0.2, 0.25) is 0 Å². The van der Waals surface area contributed by atoms with E-state index < -0.39 is 5.97 Å². The predicted molar refractivity (Wildman–Crippen MR) is 108 cm³/mol. The van der Waals surface area contributed by atoms with Gasteiger partial charge in [0, 0.05) is 18.2 Å². The predicted octanol–water partition coefficient (Wildman–Crippen LogP) is 3.09. The van der Waals surface area contributed by atoms with Gasteiger partial charge in [0.05, 0.1) is 12.8 Å². The zero-order chi connectivity index (χ0) is 21.3. The van der Waals surface area contributed by atoms with E-state index in [-0.39, 0.29) is 31.4 Å². The summed E-state index contributed by atoms with van der Waals surface area (Å²) in [7, 11) is 1.59. The average Bonchev–Trinajstić information content (AvgIpc) is 3.29. The molecule has 0 atom stereocenters. The summed E-state index contributed by atoms with van der Waals surface area (Å²) in [6, 6.07) is 18.9. The van der Waals surface area contributed by atoms with Crippen LogP contribution >= 0.6 is 0 Å². The van der Waals surface area contributed by atoms with E-state index in [0.717, 1.165) is 0 Å². The van der Waals surface area contributed by atoms with Gasteiger partial charge in [-0.2, -0.15) is 0 Å². The van der Waals surface area contributed by atoms with Crippen LogP contribution in [-0.2, 0) is 20.9 Å². The van der Waals surface area contributed by atoms with Crippen LogP contribution in [0, 0.1) is 0 Å². The third kappa shape index (κ3) is 5.81. The number of rotatable bonds is 9. The zero-order valence-corrected chi connectivity index (χ0v) is 16.4. The number of hydrogen-bond acceptors (Lipinski definition) is 6. The fraction of sp³-hybridized carbons (Fsp3) is 0.174. The second-order valence-electron chi connectivity index (χ2n) is 6.50. The van der Waals surface area contributed by atoms with Crippen molar-refractivity contribution in [3.05, 3.63) is 89.9 Å². The van der Waals surface area contributed by atoms with Crippen LogP contribution < -0.4 is 4.74 Å². The van der Waals surface area contributed by atoms with Crippen molar-refractivity contribution in [1.82, 2.24) is 4.90 Å². The number of esters is 1. The summed E-state index contributed by atoms with van der Waals surface area (Å²) in [6.07, 6.45) is 1.52. The van der Waals surface area contributed by atoms with Crippen molar-refractivity contribution in [3.63, 3.8) is 0 Å². The molecule has 3 aromatic rings. The highest BCUT2D eigenvalue weighted by Crippen LogP contribution is 2.15. The molecule has 0 aliphatic heterocycles. The summed E-state index contributed by atoms with van der Waals surface area (Å²) in [5.41, 5.74) is 1.11. The number of carbonyl (C=O) groups excluding carboxylic acids is 3. The fourth-order valence-electron chi connectivity index (χ4n) is 2.62. The lowest BCUT2D eigenvalue weighted by atomic mass is 10.0. The second-order valence-corrected chi connectivity index (χ2v) is 6.50. The van der Waals surface area contributed by atoms with Crippen LogP contribution in [0.1, 0.15) is 21.7 Å². The normalized spacial score (nSPS) is 10.3. The van der Waals surface area contributed by atoms with Crippen molar-refractivity contribution >= 4 is 17.7 Å². The van der Waals surface area contributed by atoms with Gasteiger partial charge in [-0.15, -0.1) is 0 Å². The van der Waals surface area contributed by atoms with Crippen LogP contribution in [0.5, 0.6) is 5.75 Å². The number of ketones is 1. The first kappa shape index (κ1) is 20.9. The Balaban J connectivity index is 1.42. The molecule has 7 heteroatoms. The standard InChI is InChI=1S/C23H21NO6/c1-24(14-20-8-5-13-28-20)21(25)15-30-22(26)16-29-19-11-9-18(10-12-19)23(27)17-6-3-2-4-7-17/h2-13H,14-16H2,1H3. The van der Waals surface area contributed by atoms with Gasteiger partial charge in [-0.3, -0.25) is 9.59 Å². The Hall–Kier alpha value is -3.87. The van der Waals surface area contributed by atoms with E-state index >= 15 is 0 Å². The fourth-order valence-corrected chi connectivity index (χ4v) is 2.62. The monoisotopic (exact) mass is 407 g/mol. The maximum atomic E-state index is 12.4. The lowest BCUT2D eigenvalue weighted by molar-refractivity contribution is -0.153. The average molecular weight is 407 g/mol. The molecule has 0 spiro atoms. The first-order chi connectivity index (χ1) is 14.5. The van der Waals surface area contributed by atoms with Crippen molar-refractivity contribution in [2.75, 3.05) is 20.3 Å². The third-order valence-corrected chi connectivity index (χ3v) is 4.26. The van der Waals surface area contributed by atoms with Gasteiger partial charge in [0.25, 0.3) is 5.91 Å². The molecule has 0 saturated carbocycles. The quantitative estimate of drug-likeness (QED) is 0.400. The molecule has 2 aromatic carbocycles. The van der Waals surface area contributed by atoms with Crippen LogP contribution in [0.15, 0.2) is 77.4 Å². The van der Waals surface area contributed by atoms with Crippen molar-refractivity contribution in [1.29, 1.82) is 0 Å². The Morgan fingerprint density at radius 3 is 2.23 bits per heavy atom. The van der Waals surface area contributed by atoms with E-state index in [2.05, 4.69) is 0 Å². The molecule has 0 radical (unpaired) electrons. The molecule has 0 bridgehead atoms. The summed E-state index contributed by atoms with van der Waals surface area (Å²) < 4.78 is 15.5. The van der Waals surface area contributed by atoms with E-state index in [0.29, 0.717) is 22.6 Å². The maximum Gasteiger partial charge on any atom is 0.344 e. The molecule has 0 N–H and O–H groups in total. The van der Waals surface area contributed by atoms with Crippen LogP contribution in [0.4, 0.5) is 0 Å². The van der Waals surface area contributed by atoms with Crippen molar-refractivity contribution in [3.8, 4) is 5.75 Å². The van der Waals surface area contributed by atoms with Gasteiger partial charge >= 0.3 is 5.97 Å². The summed E-state index contributed by atoms with van der Waals surface area (Å²) >= 11 is 0. The third-order valence-electron chi connectivity index (χ3n) is 4.26. The number of ether oxygens (including phenoxy) is 2. The SMILES string of the molecule is CN(Cc1ccco1)C(=O)COC(=O)COc1ccc(C(=O)c2ccccc2)cc1. The Kier molecular flexibility index (Phi) is 7.00. The van der Waals surface area contributed by atoms with Crippen molar-refractivity contribution < 1.29 is 28.3 Å². The first-order valence-electron chi connectivity index (χ1n) is 9.27. The van der Waals surface area contributed by atoms with E-state index in [4.69, 9.17) is 13.9 Å². The molecule has 0 aliphatic carbocycles. The summed E-state index contributed by atoms with van der Waals surface area (Å²) in [5, 5.41) is 0. The number of hydrogen-bond donors (Lipinski definition) is 0. The van der Waals surface area contributed by atoms with E-state index in [1.807, 2.05) is 6.07 Å². The Morgan fingerprint density at radius 2 is 1.57 bits per heavy atom. The van der Waals surface area contributed by atoms with Gasteiger partial charge in [-0.05, 0) is 36.4 Å². The summed E-state index contributed by atoms with van der Waals surface area (Å²) in [4.78, 5) is 37.6. The minimum Gasteiger partial charge on any atom is -0.482 e. The largest absolute Gasteiger partial charge is 0.482 e. The zero-order valence-electron chi connectivity index (χ0n) is 16.4. The topological polar surface area (TPSA) is 86.1 Å². The molecule has 154 valence electrons. The Labute approximate surface area is 173 Å². The molecule has 7 nitrogen and oxygen atoms in total. The van der Waals surface area contributed by atoms with Crippen LogP contribution in [-0.4, -0.2) is 42.8 Å². The van der Waals surface area contributed by atoms with Crippen molar-refractivity contribution in [2.24, 2.45) is 0 Å². The van der Waals surface area contributed by atoms with E-state index in [1.54, 1.807) is 67.7 Å². The number of likely N-dealkylation sites (N-methyl/N-ethyl adjacent to an activating group) is 1. The molecule has 0 unspecified atom stereocenters. The Bertz CT molecular complexity index is 980. The van der Waals surface area contributed by atoms with Gasteiger partial charge in [0.15, 0.2) is 19.0 Å². The van der Waals surface area contributed by atoms with Gasteiger partial charge in [0.1, 0.15) is 11.5 Å². The highest BCUT2D eigenvalue weighted by atomic mass is 16.6. The number of amides is 1. The van der Waals surface area contributed by atoms with Crippen molar-refractivity contribution in [2.45, 2.75) is 6.54 Å². The smallest absolute Gasteiger partial charge is 0.344 e. The molecular formula is C23H21NO6. The summed E-state index contributed by atoms with van der Waals surface area (Å²) in [5.74, 6) is -0.0750. The minimum atomic E-state index is -0.667. The van der Waals surface area contributed by atoms with Gasteiger partial charge in [-0.1, -0.05) is 30.3 Å². The second kappa shape index (κ2) is 10.1. The highest BCUT2D eigenvalue weighted by Gasteiger charge is 2.14. The minimum absolute atomic E-state index is 0.0984. The number of nitrogens with zero attached hydrogens (tertiary/aromatic N) is 1. The number of benzene rings is 2. The molecule has 0 saturated heterocycles. The lowest BCUT2D eigenvalue weighted by Crippen LogP contribution is -2.31. The molecule has 0 fully saturated rings. The van der Waals surface area contributed by atoms with Crippen LogP contribution in [0.3, 0.4) is 0 Å². The van der Waals surface area contributed by atoms with Gasteiger partial charge < -0.3 is 18.8 Å². The lowest BCUT2D eigenvalue weighted by Gasteiger charge is -2.15.